The van der Waals surface area contributed by atoms with Crippen LogP contribution in [0.4, 0.5) is 0 Å². The average Bonchev–Trinajstić information content (AvgIpc) is 2.77. The van der Waals surface area contributed by atoms with Crippen LogP contribution in [0.5, 0.6) is 0 Å². The Bertz CT molecular complexity index is 655. The molecule has 0 radical (unpaired) electrons. The van der Waals surface area contributed by atoms with E-state index in [2.05, 4.69) is 15.0 Å². The van der Waals surface area contributed by atoms with Gasteiger partial charge in [-0.15, -0.1) is 0 Å². The summed E-state index contributed by atoms with van der Waals surface area (Å²) in [6.07, 6.45) is 2.99. The van der Waals surface area contributed by atoms with Gasteiger partial charge in [-0.2, -0.15) is 0 Å². The van der Waals surface area contributed by atoms with Crippen molar-refractivity contribution in [1.82, 2.24) is 19.9 Å². The van der Waals surface area contributed by atoms with Gasteiger partial charge in [0.15, 0.2) is 0 Å². The third-order valence-electron chi connectivity index (χ3n) is 2.01. The van der Waals surface area contributed by atoms with Crippen LogP contribution in [-0.4, -0.2) is 19.9 Å². The molecule has 0 bridgehead atoms. The highest BCUT2D eigenvalue weighted by Gasteiger charge is 1.88. The van der Waals surface area contributed by atoms with Gasteiger partial charge in [0.1, 0.15) is 0 Å². The highest BCUT2D eigenvalue weighted by atomic mass is 16.2. The van der Waals surface area contributed by atoms with E-state index in [-0.39, 0.29) is 5.56 Å². The van der Waals surface area contributed by atoms with Crippen LogP contribution in [0.2, 0.25) is 0 Å². The minimum atomic E-state index is -0.475. The van der Waals surface area contributed by atoms with E-state index in [1.165, 1.54) is 12.3 Å². The lowest BCUT2D eigenvalue weighted by molar-refractivity contribution is 1.04. The second kappa shape index (κ2) is 4.93. The highest BCUT2D eigenvalue weighted by molar-refractivity contribution is 5.73. The van der Waals surface area contributed by atoms with Crippen LogP contribution in [0, 0.1) is 0 Å². The Morgan fingerprint density at radius 1 is 1.00 bits per heavy atom. The van der Waals surface area contributed by atoms with E-state index in [4.69, 9.17) is 0 Å². The summed E-state index contributed by atoms with van der Waals surface area (Å²) in [4.78, 5) is 31.7. The first-order chi connectivity index (χ1) is 8.25. The normalized spacial score (nSPS) is 9.65. The van der Waals surface area contributed by atoms with Gasteiger partial charge in [-0.05, 0) is 12.1 Å². The number of benzene rings is 1. The molecule has 6 nitrogen and oxygen atoms in total. The number of aromatic nitrogens is 4. The number of imidazole rings is 1. The Kier molecular flexibility index (Phi) is 3.15. The zero-order valence-electron chi connectivity index (χ0n) is 8.81. The van der Waals surface area contributed by atoms with Gasteiger partial charge in [0, 0.05) is 12.3 Å². The lowest BCUT2D eigenvalue weighted by Crippen LogP contribution is -2.19. The number of aromatic amines is 3. The first kappa shape index (κ1) is 10.9. The predicted octanol–water partition coefficient (Wildman–Crippen LogP) is 0.626. The fourth-order valence-corrected chi connectivity index (χ4v) is 1.26. The number of hydrogen-bond donors (Lipinski definition) is 3. The minimum absolute atomic E-state index is 0.381. The number of fused-ring (bicyclic) bond motifs is 1. The standard InChI is InChI=1S/C7H6N2.C4H4N2O2/c1-2-4-7-6(3-1)8-5-9-7;7-3-1-2-5-4(8)6-3/h1-5H,(H,8,9);1-2H,(H2,5,6,7,8). The van der Waals surface area contributed by atoms with Gasteiger partial charge < -0.3 is 9.97 Å². The molecule has 0 spiro atoms. The molecule has 0 unspecified atom stereocenters. The number of rotatable bonds is 0. The molecule has 86 valence electrons. The SMILES string of the molecule is O=c1cc[nH]c(=O)[nH]1.c1ccc2[nH]cnc2c1. The van der Waals surface area contributed by atoms with E-state index in [1.54, 1.807) is 6.33 Å². The van der Waals surface area contributed by atoms with Crippen molar-refractivity contribution < 1.29 is 0 Å². The second-order valence-electron chi connectivity index (χ2n) is 3.22. The molecule has 0 saturated carbocycles. The van der Waals surface area contributed by atoms with E-state index < -0.39 is 5.69 Å². The van der Waals surface area contributed by atoms with Crippen molar-refractivity contribution >= 4 is 11.0 Å². The number of H-pyrrole nitrogens is 3. The highest BCUT2D eigenvalue weighted by Crippen LogP contribution is 2.05. The Balaban J connectivity index is 0.000000128. The summed E-state index contributed by atoms with van der Waals surface area (Å²) in [6, 6.07) is 9.18. The number of para-hydroxylation sites is 2. The van der Waals surface area contributed by atoms with Crippen LogP contribution >= 0.6 is 0 Å². The predicted molar refractivity (Wildman–Crippen MR) is 63.8 cm³/mol. The molecule has 3 rings (SSSR count). The van der Waals surface area contributed by atoms with Crippen molar-refractivity contribution in [2.75, 3.05) is 0 Å². The Morgan fingerprint density at radius 3 is 2.47 bits per heavy atom. The molecule has 6 heteroatoms. The molecule has 2 aromatic heterocycles. The summed E-state index contributed by atoms with van der Waals surface area (Å²) in [7, 11) is 0. The van der Waals surface area contributed by atoms with Gasteiger partial charge in [0.05, 0.1) is 17.4 Å². The second-order valence-corrected chi connectivity index (χ2v) is 3.22. The van der Waals surface area contributed by atoms with Crippen LogP contribution < -0.4 is 11.2 Å². The first-order valence-corrected chi connectivity index (χ1v) is 4.92. The van der Waals surface area contributed by atoms with Crippen molar-refractivity contribution in [2.24, 2.45) is 0 Å². The quantitative estimate of drug-likeness (QED) is 0.528. The molecule has 0 amide bonds. The molecule has 0 aliphatic heterocycles. The van der Waals surface area contributed by atoms with Gasteiger partial charge in [-0.25, -0.2) is 9.78 Å². The molecule has 3 N–H and O–H groups in total. The molecule has 0 aliphatic rings. The van der Waals surface area contributed by atoms with Crippen molar-refractivity contribution in [2.45, 2.75) is 0 Å². The van der Waals surface area contributed by atoms with Gasteiger partial charge in [0.2, 0.25) is 0 Å². The third-order valence-corrected chi connectivity index (χ3v) is 2.01. The van der Waals surface area contributed by atoms with Crippen LogP contribution in [0.1, 0.15) is 0 Å². The van der Waals surface area contributed by atoms with E-state index in [9.17, 15) is 9.59 Å². The summed E-state index contributed by atoms with van der Waals surface area (Å²) < 4.78 is 0. The molecule has 0 saturated heterocycles. The van der Waals surface area contributed by atoms with Crippen molar-refractivity contribution in [3.05, 3.63) is 63.7 Å². The molecule has 0 aliphatic carbocycles. The van der Waals surface area contributed by atoms with Gasteiger partial charge >= 0.3 is 5.69 Å². The van der Waals surface area contributed by atoms with Crippen LogP contribution in [0.25, 0.3) is 11.0 Å². The Hall–Kier alpha value is -2.63. The lowest BCUT2D eigenvalue weighted by Gasteiger charge is -1.81. The number of hydrogen-bond acceptors (Lipinski definition) is 3. The van der Waals surface area contributed by atoms with Gasteiger partial charge in [-0.3, -0.25) is 9.78 Å². The fraction of sp³-hybridized carbons (Fsp3) is 0. The number of nitrogens with zero attached hydrogens (tertiary/aromatic N) is 1. The first-order valence-electron chi connectivity index (χ1n) is 4.92. The zero-order chi connectivity index (χ0) is 12.1. The molecule has 3 aromatic rings. The van der Waals surface area contributed by atoms with Crippen molar-refractivity contribution in [3.8, 4) is 0 Å². The molecule has 0 atom stereocenters. The molecular formula is C11H10N4O2. The van der Waals surface area contributed by atoms with Crippen LogP contribution in [0.3, 0.4) is 0 Å². The van der Waals surface area contributed by atoms with E-state index in [0.29, 0.717) is 0 Å². The molecule has 17 heavy (non-hydrogen) atoms. The Labute approximate surface area is 95.4 Å². The average molecular weight is 230 g/mol. The van der Waals surface area contributed by atoms with E-state index in [1.807, 2.05) is 29.2 Å². The summed E-state index contributed by atoms with van der Waals surface area (Å²) in [6.45, 7) is 0. The van der Waals surface area contributed by atoms with Crippen LogP contribution in [0.15, 0.2) is 52.4 Å². The third kappa shape index (κ3) is 2.91. The lowest BCUT2D eigenvalue weighted by atomic mass is 10.3. The largest absolute Gasteiger partial charge is 0.345 e. The number of nitrogens with one attached hydrogen (secondary N) is 3. The molecule has 1 aromatic carbocycles. The van der Waals surface area contributed by atoms with Crippen molar-refractivity contribution in [3.63, 3.8) is 0 Å². The smallest absolute Gasteiger partial charge is 0.325 e. The van der Waals surface area contributed by atoms with Gasteiger partial charge in [0.25, 0.3) is 5.56 Å². The van der Waals surface area contributed by atoms with Gasteiger partial charge in [-0.1, -0.05) is 12.1 Å². The maximum atomic E-state index is 10.2. The summed E-state index contributed by atoms with van der Waals surface area (Å²) in [5.41, 5.74) is 1.27. The minimum Gasteiger partial charge on any atom is -0.345 e. The van der Waals surface area contributed by atoms with Crippen molar-refractivity contribution in [1.29, 1.82) is 0 Å². The fourth-order valence-electron chi connectivity index (χ4n) is 1.26. The van der Waals surface area contributed by atoms with Crippen LogP contribution in [-0.2, 0) is 0 Å². The topological polar surface area (TPSA) is 94.4 Å². The van der Waals surface area contributed by atoms with E-state index in [0.717, 1.165) is 11.0 Å². The molecule has 2 heterocycles. The summed E-state index contributed by atoms with van der Waals surface area (Å²) in [5.74, 6) is 0. The maximum Gasteiger partial charge on any atom is 0.325 e. The Morgan fingerprint density at radius 2 is 1.82 bits per heavy atom. The zero-order valence-corrected chi connectivity index (χ0v) is 8.81. The maximum absolute atomic E-state index is 10.2. The molecular weight excluding hydrogens is 220 g/mol. The summed E-state index contributed by atoms with van der Waals surface area (Å²) >= 11 is 0. The monoisotopic (exact) mass is 230 g/mol. The summed E-state index contributed by atoms with van der Waals surface area (Å²) in [5, 5.41) is 0. The molecule has 0 fully saturated rings. The van der Waals surface area contributed by atoms with E-state index >= 15 is 0 Å².